The van der Waals surface area contributed by atoms with Gasteiger partial charge in [0.15, 0.2) is 11.7 Å². The van der Waals surface area contributed by atoms with Crippen molar-refractivity contribution in [2.45, 2.75) is 20.8 Å². The van der Waals surface area contributed by atoms with Crippen LogP contribution in [0.3, 0.4) is 0 Å². The molecule has 3 aromatic rings. The maximum absolute atomic E-state index is 13.2. The number of benzene rings is 2. The molecule has 164 valence electrons. The Kier molecular flexibility index (Phi) is 6.85. The normalized spacial score (nSPS) is 14.7. The molecule has 7 heteroatoms. The van der Waals surface area contributed by atoms with Crippen LogP contribution in [0.15, 0.2) is 36.4 Å². The molecule has 2 heterocycles. The summed E-state index contributed by atoms with van der Waals surface area (Å²) < 4.78 is 12.4. The van der Waals surface area contributed by atoms with E-state index in [0.29, 0.717) is 12.3 Å². The van der Waals surface area contributed by atoms with E-state index in [1.165, 1.54) is 11.1 Å². The van der Waals surface area contributed by atoms with Crippen LogP contribution in [0.2, 0.25) is 0 Å². The van der Waals surface area contributed by atoms with Crippen molar-refractivity contribution < 1.29 is 14.3 Å². The van der Waals surface area contributed by atoms with Gasteiger partial charge in [0, 0.05) is 26.2 Å². The molecule has 1 aliphatic rings. The third-order valence-electron chi connectivity index (χ3n) is 5.44. The van der Waals surface area contributed by atoms with E-state index < -0.39 is 0 Å². The van der Waals surface area contributed by atoms with Crippen LogP contribution in [0.25, 0.3) is 10.2 Å². The van der Waals surface area contributed by atoms with Crippen molar-refractivity contribution in [3.05, 3.63) is 53.1 Å². The van der Waals surface area contributed by atoms with Crippen LogP contribution >= 0.6 is 11.3 Å². The first-order valence-corrected chi connectivity index (χ1v) is 11.5. The van der Waals surface area contributed by atoms with Crippen LogP contribution in [0.5, 0.6) is 5.75 Å². The maximum Gasteiger partial charge on any atom is 0.266 e. The monoisotopic (exact) mass is 439 g/mol. The molecule has 0 radical (unpaired) electrons. The number of thiazole rings is 1. The summed E-state index contributed by atoms with van der Waals surface area (Å²) in [5.74, 6) is 0.625. The summed E-state index contributed by atoms with van der Waals surface area (Å²) in [4.78, 5) is 22.2. The van der Waals surface area contributed by atoms with Crippen LogP contribution < -0.4 is 9.64 Å². The molecule has 1 saturated heterocycles. The zero-order chi connectivity index (χ0) is 21.8. The number of hydrogen-bond acceptors (Lipinski definition) is 6. The number of aryl methyl sites for hydroxylation is 3. The highest BCUT2D eigenvalue weighted by Gasteiger charge is 2.22. The van der Waals surface area contributed by atoms with E-state index >= 15 is 0 Å². The van der Waals surface area contributed by atoms with Crippen LogP contribution in [0.1, 0.15) is 16.7 Å². The largest absolute Gasteiger partial charge is 0.484 e. The van der Waals surface area contributed by atoms with Gasteiger partial charge in [-0.15, -0.1) is 0 Å². The number of aromatic nitrogens is 1. The first kappa shape index (κ1) is 21.7. The topological polar surface area (TPSA) is 54.9 Å². The number of morpholine rings is 1. The second kappa shape index (κ2) is 9.77. The average molecular weight is 440 g/mol. The Balaban J connectivity index is 1.54. The number of carbonyl (C=O) groups is 1. The second-order valence-corrected chi connectivity index (χ2v) is 9.01. The van der Waals surface area contributed by atoms with Crippen LogP contribution in [-0.4, -0.2) is 61.8 Å². The molecule has 0 aliphatic carbocycles. The molecule has 6 nitrogen and oxygen atoms in total. The summed E-state index contributed by atoms with van der Waals surface area (Å²) in [6.07, 6.45) is 0. The zero-order valence-electron chi connectivity index (χ0n) is 18.4. The Hall–Kier alpha value is -2.48. The van der Waals surface area contributed by atoms with Gasteiger partial charge in [0.1, 0.15) is 5.75 Å². The molecule has 0 spiro atoms. The molecule has 2 aromatic carbocycles. The van der Waals surface area contributed by atoms with Gasteiger partial charge in [-0.2, -0.15) is 0 Å². The summed E-state index contributed by atoms with van der Waals surface area (Å²) in [6.45, 7) is 10.8. The number of rotatable bonds is 7. The molecule has 0 unspecified atom stereocenters. The quantitative estimate of drug-likeness (QED) is 0.558. The van der Waals surface area contributed by atoms with E-state index in [2.05, 4.69) is 30.9 Å². The Labute approximate surface area is 187 Å². The lowest BCUT2D eigenvalue weighted by Gasteiger charge is -2.29. The molecular weight excluding hydrogens is 410 g/mol. The van der Waals surface area contributed by atoms with Gasteiger partial charge in [-0.3, -0.25) is 14.6 Å². The van der Waals surface area contributed by atoms with Gasteiger partial charge in [-0.25, -0.2) is 4.98 Å². The van der Waals surface area contributed by atoms with Crippen molar-refractivity contribution in [2.75, 3.05) is 50.9 Å². The molecule has 0 N–H and O–H groups in total. The molecule has 31 heavy (non-hydrogen) atoms. The van der Waals surface area contributed by atoms with Crippen molar-refractivity contribution >= 4 is 32.6 Å². The van der Waals surface area contributed by atoms with Gasteiger partial charge in [-0.1, -0.05) is 29.5 Å². The van der Waals surface area contributed by atoms with Crippen molar-refractivity contribution in [3.63, 3.8) is 0 Å². The van der Waals surface area contributed by atoms with Crippen molar-refractivity contribution in [1.82, 2.24) is 9.88 Å². The number of hydrogen-bond donors (Lipinski definition) is 0. The number of ether oxygens (including phenoxy) is 2. The van der Waals surface area contributed by atoms with E-state index in [1.807, 2.05) is 31.2 Å². The molecule has 0 bridgehead atoms. The highest BCUT2D eigenvalue weighted by atomic mass is 32.1. The van der Waals surface area contributed by atoms with E-state index in [4.69, 9.17) is 14.5 Å². The Morgan fingerprint density at radius 3 is 2.74 bits per heavy atom. The highest BCUT2D eigenvalue weighted by molar-refractivity contribution is 7.22. The molecule has 1 aromatic heterocycles. The van der Waals surface area contributed by atoms with Gasteiger partial charge < -0.3 is 9.47 Å². The van der Waals surface area contributed by atoms with E-state index in [-0.39, 0.29) is 12.5 Å². The smallest absolute Gasteiger partial charge is 0.266 e. The molecule has 1 fully saturated rings. The second-order valence-electron chi connectivity index (χ2n) is 8.03. The number of fused-ring (bicyclic) bond motifs is 1. The first-order chi connectivity index (χ1) is 15.0. The minimum absolute atomic E-state index is 0.0134. The highest BCUT2D eigenvalue weighted by Crippen LogP contribution is 2.32. The molecule has 0 saturated carbocycles. The van der Waals surface area contributed by atoms with Gasteiger partial charge in [0.05, 0.1) is 23.4 Å². The average Bonchev–Trinajstić information content (AvgIpc) is 3.17. The van der Waals surface area contributed by atoms with E-state index in [0.717, 1.165) is 53.8 Å². The molecule has 4 rings (SSSR count). The van der Waals surface area contributed by atoms with Gasteiger partial charge >= 0.3 is 0 Å². The summed E-state index contributed by atoms with van der Waals surface area (Å²) in [6, 6.07) is 12.0. The lowest BCUT2D eigenvalue weighted by molar-refractivity contribution is -0.120. The summed E-state index contributed by atoms with van der Waals surface area (Å²) in [5.41, 5.74) is 4.42. The fourth-order valence-corrected chi connectivity index (χ4v) is 4.86. The first-order valence-electron chi connectivity index (χ1n) is 10.7. The van der Waals surface area contributed by atoms with Crippen molar-refractivity contribution in [1.29, 1.82) is 0 Å². The third-order valence-corrected chi connectivity index (χ3v) is 6.67. The van der Waals surface area contributed by atoms with Crippen LogP contribution in [0.4, 0.5) is 5.13 Å². The number of amides is 1. The fourth-order valence-electron chi connectivity index (χ4n) is 3.80. The predicted octanol–water partition coefficient (Wildman–Crippen LogP) is 3.97. The maximum atomic E-state index is 13.2. The van der Waals surface area contributed by atoms with Crippen molar-refractivity contribution in [2.24, 2.45) is 0 Å². The van der Waals surface area contributed by atoms with E-state index in [1.54, 1.807) is 16.2 Å². The number of anilines is 1. The standard InChI is InChI=1S/C24H29N3O3S/c1-17-5-4-6-20(14-17)30-16-22(28)27(8-7-26-9-11-29-12-10-26)24-25-21-15-18(2)13-19(3)23(21)31-24/h4-6,13-15H,7-12,16H2,1-3H3. The molecule has 1 amide bonds. The van der Waals surface area contributed by atoms with Gasteiger partial charge in [0.25, 0.3) is 5.91 Å². The van der Waals surface area contributed by atoms with Crippen LogP contribution in [-0.2, 0) is 9.53 Å². The summed E-state index contributed by atoms with van der Waals surface area (Å²) in [5, 5.41) is 0.731. The third kappa shape index (κ3) is 5.42. The fraction of sp³-hybridized carbons (Fsp3) is 0.417. The van der Waals surface area contributed by atoms with Crippen molar-refractivity contribution in [3.8, 4) is 5.75 Å². The van der Waals surface area contributed by atoms with Gasteiger partial charge in [0.2, 0.25) is 0 Å². The predicted molar refractivity (Wildman–Crippen MR) is 125 cm³/mol. The lowest BCUT2D eigenvalue weighted by atomic mass is 10.1. The Morgan fingerprint density at radius 1 is 1.16 bits per heavy atom. The molecule has 0 atom stereocenters. The number of carbonyl (C=O) groups excluding carboxylic acids is 1. The zero-order valence-corrected chi connectivity index (χ0v) is 19.2. The van der Waals surface area contributed by atoms with E-state index in [9.17, 15) is 4.79 Å². The SMILES string of the molecule is Cc1cccc(OCC(=O)N(CCN2CCOCC2)c2nc3cc(C)cc(C)c3s2)c1. The van der Waals surface area contributed by atoms with Crippen LogP contribution in [0, 0.1) is 20.8 Å². The number of nitrogens with zero attached hydrogens (tertiary/aromatic N) is 3. The Bertz CT molecular complexity index is 1060. The molecule has 1 aliphatic heterocycles. The Morgan fingerprint density at radius 2 is 1.97 bits per heavy atom. The summed E-state index contributed by atoms with van der Waals surface area (Å²) >= 11 is 1.57. The molecular formula is C24H29N3O3S. The minimum atomic E-state index is -0.0804. The minimum Gasteiger partial charge on any atom is -0.484 e. The lowest BCUT2D eigenvalue weighted by Crippen LogP contribution is -2.44. The van der Waals surface area contributed by atoms with Gasteiger partial charge in [-0.05, 0) is 55.7 Å². The summed E-state index contributed by atoms with van der Waals surface area (Å²) in [7, 11) is 0.